The quantitative estimate of drug-likeness (QED) is 0.636. The second-order valence-corrected chi connectivity index (χ2v) is 10.7. The van der Waals surface area contributed by atoms with Crippen molar-refractivity contribution in [3.8, 4) is 0 Å². The highest BCUT2D eigenvalue weighted by atomic mass is 19.4. The zero-order valence-corrected chi connectivity index (χ0v) is 20.4. The van der Waals surface area contributed by atoms with Crippen LogP contribution in [0.1, 0.15) is 49.6 Å². The largest absolute Gasteiger partial charge is 0.447 e. The van der Waals surface area contributed by atoms with Crippen LogP contribution in [-0.4, -0.2) is 53.3 Å². The van der Waals surface area contributed by atoms with E-state index in [1.54, 1.807) is 13.1 Å². The SMILES string of the molecule is CN1C(=O)OCC12CC(C(=O)N[C@@H](c1ccc(N[C@H]3Cc4ccccc4C3(C)C)cn1)C(F)(F)F)C2. The van der Waals surface area contributed by atoms with Crippen molar-refractivity contribution in [3.05, 3.63) is 59.4 Å². The Hall–Kier alpha value is -3.30. The van der Waals surface area contributed by atoms with E-state index in [2.05, 4.69) is 41.6 Å². The third kappa shape index (κ3) is 4.06. The van der Waals surface area contributed by atoms with Gasteiger partial charge in [0.2, 0.25) is 5.91 Å². The number of fused-ring (bicyclic) bond motifs is 1. The van der Waals surface area contributed by atoms with Gasteiger partial charge in [-0.3, -0.25) is 9.78 Å². The number of nitrogens with one attached hydrogen (secondary N) is 2. The first-order valence-electron chi connectivity index (χ1n) is 12.0. The Balaban J connectivity index is 1.25. The summed E-state index contributed by atoms with van der Waals surface area (Å²) in [6.07, 6.45) is -2.47. The Kier molecular flexibility index (Phi) is 5.68. The Morgan fingerprint density at radius 3 is 2.50 bits per heavy atom. The van der Waals surface area contributed by atoms with Crippen LogP contribution in [-0.2, 0) is 21.4 Å². The average Bonchev–Trinajstić information content (AvgIpc) is 3.24. The first kappa shape index (κ1) is 24.4. The van der Waals surface area contributed by atoms with E-state index in [0.29, 0.717) is 5.69 Å². The highest BCUT2D eigenvalue weighted by Gasteiger charge is 2.57. The van der Waals surface area contributed by atoms with Crippen molar-refractivity contribution in [3.63, 3.8) is 0 Å². The van der Waals surface area contributed by atoms with E-state index < -0.39 is 35.7 Å². The molecule has 10 heteroatoms. The topological polar surface area (TPSA) is 83.6 Å². The van der Waals surface area contributed by atoms with Crippen LogP contribution >= 0.6 is 0 Å². The summed E-state index contributed by atoms with van der Waals surface area (Å²) in [7, 11) is 1.58. The smallest absolute Gasteiger partial charge is 0.414 e. The van der Waals surface area contributed by atoms with Crippen molar-refractivity contribution in [1.82, 2.24) is 15.2 Å². The van der Waals surface area contributed by atoms with Gasteiger partial charge in [-0.2, -0.15) is 13.2 Å². The van der Waals surface area contributed by atoms with Gasteiger partial charge in [-0.25, -0.2) is 4.79 Å². The summed E-state index contributed by atoms with van der Waals surface area (Å²) in [6.45, 7) is 4.43. The number of carbonyl (C=O) groups excluding carboxylic acids is 2. The normalized spacial score (nSPS) is 27.3. The molecule has 1 aromatic carbocycles. The summed E-state index contributed by atoms with van der Waals surface area (Å²) < 4.78 is 46.7. The van der Waals surface area contributed by atoms with Crippen LogP contribution in [0.4, 0.5) is 23.7 Å². The van der Waals surface area contributed by atoms with Crippen molar-refractivity contribution < 1.29 is 27.5 Å². The highest BCUT2D eigenvalue weighted by Crippen LogP contribution is 2.46. The summed E-state index contributed by atoms with van der Waals surface area (Å²) in [6, 6.07) is 8.93. The third-order valence-corrected chi connectivity index (χ3v) is 8.12. The molecule has 2 fully saturated rings. The van der Waals surface area contributed by atoms with Crippen LogP contribution in [0, 0.1) is 5.92 Å². The molecule has 192 valence electrons. The fourth-order valence-corrected chi connectivity index (χ4v) is 5.69. The number of anilines is 1. The summed E-state index contributed by atoms with van der Waals surface area (Å²) >= 11 is 0. The van der Waals surface area contributed by atoms with Crippen LogP contribution in [0.15, 0.2) is 42.6 Å². The van der Waals surface area contributed by atoms with Crippen LogP contribution in [0.3, 0.4) is 0 Å². The summed E-state index contributed by atoms with van der Waals surface area (Å²) in [5.41, 5.74) is 2.09. The molecule has 2 atom stereocenters. The van der Waals surface area contributed by atoms with Crippen LogP contribution < -0.4 is 10.6 Å². The molecule has 2 aliphatic carbocycles. The number of nitrogens with zero attached hydrogens (tertiary/aromatic N) is 2. The molecule has 7 nitrogen and oxygen atoms in total. The molecular formula is C26H29F3N4O3. The number of ether oxygens (including phenoxy) is 1. The van der Waals surface area contributed by atoms with Gasteiger partial charge >= 0.3 is 12.3 Å². The number of hydrogen-bond donors (Lipinski definition) is 2. The van der Waals surface area contributed by atoms with Gasteiger partial charge in [0.05, 0.1) is 23.1 Å². The van der Waals surface area contributed by atoms with E-state index in [0.717, 1.165) is 6.42 Å². The van der Waals surface area contributed by atoms with Gasteiger partial charge in [0.25, 0.3) is 0 Å². The monoisotopic (exact) mass is 502 g/mol. The van der Waals surface area contributed by atoms with Crippen LogP contribution in [0.25, 0.3) is 0 Å². The fourth-order valence-electron chi connectivity index (χ4n) is 5.69. The lowest BCUT2D eigenvalue weighted by atomic mass is 9.67. The number of amides is 2. The van der Waals surface area contributed by atoms with Crippen molar-refractivity contribution in [2.45, 2.75) is 62.3 Å². The Morgan fingerprint density at radius 1 is 1.19 bits per heavy atom. The van der Waals surface area contributed by atoms with Crippen molar-refractivity contribution in [1.29, 1.82) is 0 Å². The molecule has 3 aliphatic rings. The molecule has 36 heavy (non-hydrogen) atoms. The molecule has 2 amide bonds. The number of likely N-dealkylation sites (N-methyl/N-ethyl adjacent to an activating group) is 1. The number of halogens is 3. The summed E-state index contributed by atoms with van der Waals surface area (Å²) in [5, 5.41) is 5.55. The molecule has 2 N–H and O–H groups in total. The number of aromatic nitrogens is 1. The van der Waals surface area contributed by atoms with Crippen molar-refractivity contribution >= 4 is 17.7 Å². The van der Waals surface area contributed by atoms with E-state index in [1.807, 2.05) is 12.1 Å². The minimum Gasteiger partial charge on any atom is -0.447 e. The van der Waals surface area contributed by atoms with Crippen molar-refractivity contribution in [2.24, 2.45) is 5.92 Å². The molecular weight excluding hydrogens is 473 g/mol. The zero-order chi connectivity index (χ0) is 25.9. The van der Waals surface area contributed by atoms with Gasteiger partial charge < -0.3 is 20.3 Å². The van der Waals surface area contributed by atoms with E-state index in [1.165, 1.54) is 28.3 Å². The second-order valence-electron chi connectivity index (χ2n) is 10.7. The predicted octanol–water partition coefficient (Wildman–Crippen LogP) is 4.35. The standard InChI is InChI=1S/C26H29F3N4O3/c1-24(2)18-7-5-4-6-15(18)10-20(24)31-17-8-9-19(30-13-17)21(26(27,28)29)32-22(34)16-11-25(12-16)14-36-23(35)33(25)3/h4-9,13,16,20-21,31H,10-12,14H2,1-3H3,(H,32,34)/t16?,20-,21-,25?/m0/s1. The minimum absolute atomic E-state index is 0.0659. The Bertz CT molecular complexity index is 1180. The molecule has 0 unspecified atom stereocenters. The van der Waals surface area contributed by atoms with Gasteiger partial charge in [0, 0.05) is 24.4 Å². The first-order chi connectivity index (χ1) is 16.9. The molecule has 2 heterocycles. The summed E-state index contributed by atoms with van der Waals surface area (Å²) in [4.78, 5) is 29.8. The third-order valence-electron chi connectivity index (χ3n) is 8.12. The number of pyridine rings is 1. The molecule has 1 saturated carbocycles. The minimum atomic E-state index is -4.71. The lowest BCUT2D eigenvalue weighted by Gasteiger charge is -2.46. The van der Waals surface area contributed by atoms with Gasteiger partial charge in [-0.05, 0) is 42.5 Å². The van der Waals surface area contributed by atoms with Gasteiger partial charge in [-0.15, -0.1) is 0 Å². The van der Waals surface area contributed by atoms with Gasteiger partial charge in [0.15, 0.2) is 6.04 Å². The number of cyclic esters (lactones) is 1. The fraction of sp³-hybridized carbons (Fsp3) is 0.500. The first-order valence-corrected chi connectivity index (χ1v) is 12.0. The number of rotatable bonds is 5. The molecule has 0 radical (unpaired) electrons. The van der Waals surface area contributed by atoms with E-state index in [-0.39, 0.29) is 36.6 Å². The number of benzene rings is 1. The molecule has 1 spiro atoms. The molecule has 0 bridgehead atoms. The lowest BCUT2D eigenvalue weighted by molar-refractivity contribution is -0.167. The number of carbonyl (C=O) groups is 2. The van der Waals surface area contributed by atoms with E-state index in [9.17, 15) is 22.8 Å². The predicted molar refractivity (Wildman–Crippen MR) is 126 cm³/mol. The second kappa shape index (κ2) is 8.38. The maximum Gasteiger partial charge on any atom is 0.414 e. The van der Waals surface area contributed by atoms with E-state index >= 15 is 0 Å². The number of hydrogen-bond acceptors (Lipinski definition) is 5. The molecule has 2 aromatic rings. The molecule has 1 saturated heterocycles. The van der Waals surface area contributed by atoms with E-state index in [4.69, 9.17) is 4.74 Å². The van der Waals surface area contributed by atoms with Crippen molar-refractivity contribution in [2.75, 3.05) is 19.0 Å². The lowest BCUT2D eigenvalue weighted by Crippen LogP contribution is -2.58. The highest BCUT2D eigenvalue weighted by molar-refractivity contribution is 5.82. The van der Waals surface area contributed by atoms with Gasteiger partial charge in [-0.1, -0.05) is 38.1 Å². The summed E-state index contributed by atoms with van der Waals surface area (Å²) in [5.74, 6) is -1.33. The average molecular weight is 503 g/mol. The molecule has 1 aliphatic heterocycles. The van der Waals surface area contributed by atoms with Gasteiger partial charge in [0.1, 0.15) is 6.61 Å². The maximum atomic E-state index is 13.9. The zero-order valence-electron chi connectivity index (χ0n) is 20.4. The number of alkyl halides is 3. The molecule has 5 rings (SSSR count). The van der Waals surface area contributed by atoms with Crippen LogP contribution in [0.5, 0.6) is 0 Å². The van der Waals surface area contributed by atoms with Crippen LogP contribution in [0.2, 0.25) is 0 Å². The molecule has 1 aromatic heterocycles. The maximum absolute atomic E-state index is 13.9. The Morgan fingerprint density at radius 2 is 1.92 bits per heavy atom. The Labute approximate surface area is 207 Å².